The molecule has 110 valence electrons. The molecule has 0 saturated heterocycles. The van der Waals surface area contributed by atoms with Crippen LogP contribution in [-0.2, 0) is 6.61 Å². The molecule has 3 heteroatoms. The van der Waals surface area contributed by atoms with E-state index < -0.39 is 0 Å². The Hall–Kier alpha value is -2.29. The van der Waals surface area contributed by atoms with Crippen LogP contribution in [0.3, 0.4) is 0 Å². The van der Waals surface area contributed by atoms with Gasteiger partial charge in [-0.25, -0.2) is 0 Å². The van der Waals surface area contributed by atoms with Gasteiger partial charge in [0.25, 0.3) is 0 Å². The van der Waals surface area contributed by atoms with Crippen molar-refractivity contribution >= 4 is 5.78 Å². The molecule has 0 atom stereocenters. The average Bonchev–Trinajstić information content (AvgIpc) is 2.45. The van der Waals surface area contributed by atoms with Crippen LogP contribution >= 0.6 is 0 Å². The lowest BCUT2D eigenvalue weighted by atomic mass is 10.1. The SMILES string of the molecule is COc1ccc(C)cc1COc1cc(C)ccc1C(C)=O. The summed E-state index contributed by atoms with van der Waals surface area (Å²) in [6.07, 6.45) is 0. The third-order valence-electron chi connectivity index (χ3n) is 3.34. The van der Waals surface area contributed by atoms with Crippen LogP contribution in [0.25, 0.3) is 0 Å². The molecular weight excluding hydrogens is 264 g/mol. The van der Waals surface area contributed by atoms with Gasteiger partial charge in [0.15, 0.2) is 5.78 Å². The highest BCUT2D eigenvalue weighted by atomic mass is 16.5. The summed E-state index contributed by atoms with van der Waals surface area (Å²) >= 11 is 0. The maximum atomic E-state index is 11.7. The van der Waals surface area contributed by atoms with E-state index in [-0.39, 0.29) is 5.78 Å². The van der Waals surface area contributed by atoms with E-state index in [2.05, 4.69) is 0 Å². The molecule has 0 amide bonds. The lowest BCUT2D eigenvalue weighted by Gasteiger charge is -2.13. The first-order chi connectivity index (χ1) is 10.0. The maximum Gasteiger partial charge on any atom is 0.163 e. The first-order valence-electron chi connectivity index (χ1n) is 6.89. The summed E-state index contributed by atoms with van der Waals surface area (Å²) in [6, 6.07) is 11.6. The van der Waals surface area contributed by atoms with Crippen molar-refractivity contribution in [3.05, 3.63) is 58.7 Å². The zero-order chi connectivity index (χ0) is 15.4. The predicted molar refractivity (Wildman–Crippen MR) is 83.2 cm³/mol. The van der Waals surface area contributed by atoms with E-state index in [1.807, 2.05) is 44.2 Å². The van der Waals surface area contributed by atoms with E-state index in [0.717, 1.165) is 22.4 Å². The molecule has 0 aromatic heterocycles. The largest absolute Gasteiger partial charge is 0.496 e. The number of aryl methyl sites for hydroxylation is 2. The summed E-state index contributed by atoms with van der Waals surface area (Å²) in [5, 5.41) is 0. The minimum Gasteiger partial charge on any atom is -0.496 e. The van der Waals surface area contributed by atoms with Gasteiger partial charge in [-0.1, -0.05) is 17.7 Å². The van der Waals surface area contributed by atoms with Gasteiger partial charge in [0.2, 0.25) is 0 Å². The lowest BCUT2D eigenvalue weighted by molar-refractivity contribution is 0.101. The molecule has 0 spiro atoms. The minimum atomic E-state index is 0.00112. The van der Waals surface area contributed by atoms with Gasteiger partial charge >= 0.3 is 0 Å². The van der Waals surface area contributed by atoms with Crippen molar-refractivity contribution in [1.82, 2.24) is 0 Å². The molecule has 0 saturated carbocycles. The molecule has 0 fully saturated rings. The first kappa shape index (κ1) is 15.1. The van der Waals surface area contributed by atoms with Gasteiger partial charge in [0, 0.05) is 5.56 Å². The van der Waals surface area contributed by atoms with Crippen LogP contribution in [0.4, 0.5) is 0 Å². The number of ether oxygens (including phenoxy) is 2. The summed E-state index contributed by atoms with van der Waals surface area (Å²) in [7, 11) is 1.64. The number of hydrogen-bond donors (Lipinski definition) is 0. The Labute approximate surface area is 125 Å². The summed E-state index contributed by atoms with van der Waals surface area (Å²) < 4.78 is 11.2. The molecule has 2 aromatic rings. The Morgan fingerprint density at radius 3 is 2.33 bits per heavy atom. The second kappa shape index (κ2) is 6.44. The van der Waals surface area contributed by atoms with Crippen molar-refractivity contribution in [2.45, 2.75) is 27.4 Å². The topological polar surface area (TPSA) is 35.5 Å². The molecule has 3 nitrogen and oxygen atoms in total. The van der Waals surface area contributed by atoms with Crippen LogP contribution in [-0.4, -0.2) is 12.9 Å². The van der Waals surface area contributed by atoms with Crippen molar-refractivity contribution < 1.29 is 14.3 Å². The Balaban J connectivity index is 2.26. The molecule has 0 aliphatic heterocycles. The molecule has 2 aromatic carbocycles. The number of benzene rings is 2. The summed E-state index contributed by atoms with van der Waals surface area (Å²) in [5.74, 6) is 1.41. The van der Waals surface area contributed by atoms with Gasteiger partial charge in [-0.3, -0.25) is 4.79 Å². The Bertz CT molecular complexity index is 660. The zero-order valence-corrected chi connectivity index (χ0v) is 12.9. The molecule has 0 unspecified atom stereocenters. The van der Waals surface area contributed by atoms with Crippen molar-refractivity contribution in [3.63, 3.8) is 0 Å². The molecule has 0 aliphatic carbocycles. The molecule has 0 bridgehead atoms. The van der Waals surface area contributed by atoms with Crippen LogP contribution in [0.1, 0.15) is 34.0 Å². The van der Waals surface area contributed by atoms with Gasteiger partial charge in [0.1, 0.15) is 18.1 Å². The molecule has 21 heavy (non-hydrogen) atoms. The first-order valence-corrected chi connectivity index (χ1v) is 6.89. The fourth-order valence-electron chi connectivity index (χ4n) is 2.22. The second-order valence-corrected chi connectivity index (χ2v) is 5.16. The molecule has 0 radical (unpaired) electrons. The van der Waals surface area contributed by atoms with Crippen molar-refractivity contribution in [2.24, 2.45) is 0 Å². The summed E-state index contributed by atoms with van der Waals surface area (Å²) in [4.78, 5) is 11.7. The van der Waals surface area contributed by atoms with Crippen molar-refractivity contribution in [3.8, 4) is 11.5 Å². The van der Waals surface area contributed by atoms with Crippen LogP contribution in [0.5, 0.6) is 11.5 Å². The fraction of sp³-hybridized carbons (Fsp3) is 0.278. The quantitative estimate of drug-likeness (QED) is 0.776. The molecule has 0 heterocycles. The highest BCUT2D eigenvalue weighted by Gasteiger charge is 2.10. The maximum absolute atomic E-state index is 11.7. The Kier molecular flexibility index (Phi) is 4.63. The van der Waals surface area contributed by atoms with Crippen LogP contribution in [0.2, 0.25) is 0 Å². The van der Waals surface area contributed by atoms with E-state index in [0.29, 0.717) is 17.9 Å². The fourth-order valence-corrected chi connectivity index (χ4v) is 2.22. The zero-order valence-electron chi connectivity index (χ0n) is 12.9. The number of carbonyl (C=O) groups is 1. The van der Waals surface area contributed by atoms with E-state index >= 15 is 0 Å². The van der Waals surface area contributed by atoms with E-state index in [9.17, 15) is 4.79 Å². The highest BCUT2D eigenvalue weighted by molar-refractivity contribution is 5.96. The van der Waals surface area contributed by atoms with E-state index in [1.54, 1.807) is 20.1 Å². The van der Waals surface area contributed by atoms with Crippen LogP contribution in [0.15, 0.2) is 36.4 Å². The Morgan fingerprint density at radius 2 is 1.67 bits per heavy atom. The number of carbonyl (C=O) groups excluding carboxylic acids is 1. The third-order valence-corrected chi connectivity index (χ3v) is 3.34. The summed E-state index contributed by atoms with van der Waals surface area (Å²) in [6.45, 7) is 5.92. The molecule has 0 aliphatic rings. The Morgan fingerprint density at radius 1 is 1.00 bits per heavy atom. The van der Waals surface area contributed by atoms with Gasteiger partial charge in [0.05, 0.1) is 12.7 Å². The highest BCUT2D eigenvalue weighted by Crippen LogP contribution is 2.25. The number of Topliss-reactive ketones (excluding diaryl/α,β-unsaturated/α-hetero) is 1. The minimum absolute atomic E-state index is 0.00112. The third kappa shape index (κ3) is 3.63. The van der Waals surface area contributed by atoms with E-state index in [1.165, 1.54) is 0 Å². The summed E-state index contributed by atoms with van der Waals surface area (Å²) in [5.41, 5.74) is 3.78. The smallest absolute Gasteiger partial charge is 0.163 e. The number of rotatable bonds is 5. The monoisotopic (exact) mass is 284 g/mol. The van der Waals surface area contributed by atoms with E-state index in [4.69, 9.17) is 9.47 Å². The van der Waals surface area contributed by atoms with Gasteiger partial charge in [-0.15, -0.1) is 0 Å². The molecule has 2 rings (SSSR count). The van der Waals surface area contributed by atoms with Gasteiger partial charge < -0.3 is 9.47 Å². The predicted octanol–water partition coefficient (Wildman–Crippen LogP) is 4.09. The number of methoxy groups -OCH3 is 1. The van der Waals surface area contributed by atoms with Crippen molar-refractivity contribution in [1.29, 1.82) is 0 Å². The van der Waals surface area contributed by atoms with Crippen molar-refractivity contribution in [2.75, 3.05) is 7.11 Å². The van der Waals surface area contributed by atoms with Gasteiger partial charge in [-0.2, -0.15) is 0 Å². The normalized spacial score (nSPS) is 10.3. The number of ketones is 1. The molecular formula is C18H20O3. The van der Waals surface area contributed by atoms with Gasteiger partial charge in [-0.05, 0) is 50.6 Å². The standard InChI is InChI=1S/C18H20O3/c1-12-6-8-17(20-4)15(9-12)11-21-18-10-13(2)5-7-16(18)14(3)19/h5-10H,11H2,1-4H3. The average molecular weight is 284 g/mol. The second-order valence-electron chi connectivity index (χ2n) is 5.16. The molecule has 0 N–H and O–H groups in total. The van der Waals surface area contributed by atoms with Crippen LogP contribution < -0.4 is 9.47 Å². The number of hydrogen-bond acceptors (Lipinski definition) is 3. The van der Waals surface area contributed by atoms with Crippen LogP contribution in [0, 0.1) is 13.8 Å². The lowest BCUT2D eigenvalue weighted by Crippen LogP contribution is -2.03.